The van der Waals surface area contributed by atoms with Crippen molar-refractivity contribution >= 4 is 11.9 Å². The van der Waals surface area contributed by atoms with E-state index in [0.717, 1.165) is 38.5 Å². The van der Waals surface area contributed by atoms with Crippen molar-refractivity contribution in [2.75, 3.05) is 13.2 Å². The van der Waals surface area contributed by atoms with Crippen LogP contribution in [0.4, 0.5) is 0 Å². The predicted molar refractivity (Wildman–Crippen MR) is 329 cm³/mol. The van der Waals surface area contributed by atoms with Crippen LogP contribution in [0.1, 0.15) is 380 Å². The Labute approximate surface area is 469 Å². The Hall–Kier alpha value is -1.66. The Morgan fingerprint density at radius 1 is 0.360 bits per heavy atom. The minimum Gasteiger partial charge on any atom is -0.466 e. The van der Waals surface area contributed by atoms with Crippen LogP contribution in [0.3, 0.4) is 0 Å². The number of allylic oxidation sites excluding steroid dienone is 3. The Balaban J connectivity index is 3.40. The molecule has 0 aromatic heterocycles. The van der Waals surface area contributed by atoms with E-state index in [-0.39, 0.29) is 18.5 Å². The summed E-state index contributed by atoms with van der Waals surface area (Å²) >= 11 is 0. The summed E-state index contributed by atoms with van der Waals surface area (Å²) < 4.78 is 5.50. The van der Waals surface area contributed by atoms with E-state index in [0.29, 0.717) is 19.4 Å². The first-order chi connectivity index (χ1) is 37.0. The molecular weight excluding hydrogens is 923 g/mol. The molecule has 0 saturated carbocycles. The number of hydrogen-bond donors (Lipinski definition) is 3. The van der Waals surface area contributed by atoms with Crippen molar-refractivity contribution in [3.05, 3.63) is 24.3 Å². The molecule has 75 heavy (non-hydrogen) atoms. The van der Waals surface area contributed by atoms with Crippen LogP contribution < -0.4 is 5.32 Å². The highest BCUT2D eigenvalue weighted by atomic mass is 16.5. The second-order valence-electron chi connectivity index (χ2n) is 23.5. The number of amides is 1. The van der Waals surface area contributed by atoms with Gasteiger partial charge in [-0.25, -0.2) is 0 Å². The number of ether oxygens (including phenoxy) is 1. The molecule has 2 unspecified atom stereocenters. The molecule has 444 valence electrons. The topological polar surface area (TPSA) is 95.9 Å². The summed E-state index contributed by atoms with van der Waals surface area (Å²) in [4.78, 5) is 24.6. The second-order valence-corrected chi connectivity index (χ2v) is 23.5. The van der Waals surface area contributed by atoms with Gasteiger partial charge in [-0.05, 0) is 57.8 Å². The zero-order chi connectivity index (χ0) is 54.3. The highest BCUT2D eigenvalue weighted by Crippen LogP contribution is 2.18. The Morgan fingerprint density at radius 3 is 0.947 bits per heavy atom. The fourth-order valence-corrected chi connectivity index (χ4v) is 10.7. The van der Waals surface area contributed by atoms with E-state index in [1.54, 1.807) is 6.08 Å². The largest absolute Gasteiger partial charge is 0.466 e. The van der Waals surface area contributed by atoms with Gasteiger partial charge in [-0.15, -0.1) is 0 Å². The third-order valence-electron chi connectivity index (χ3n) is 16.0. The summed E-state index contributed by atoms with van der Waals surface area (Å²) in [5.74, 6) is -0.0530. The van der Waals surface area contributed by atoms with E-state index in [9.17, 15) is 19.8 Å². The van der Waals surface area contributed by atoms with Crippen molar-refractivity contribution in [2.24, 2.45) is 0 Å². The van der Waals surface area contributed by atoms with Gasteiger partial charge >= 0.3 is 5.97 Å². The molecule has 0 rings (SSSR count). The molecule has 0 heterocycles. The van der Waals surface area contributed by atoms with Gasteiger partial charge in [0.1, 0.15) is 0 Å². The van der Waals surface area contributed by atoms with Crippen molar-refractivity contribution in [2.45, 2.75) is 392 Å². The van der Waals surface area contributed by atoms with Crippen molar-refractivity contribution in [3.8, 4) is 0 Å². The molecule has 0 fully saturated rings. The lowest BCUT2D eigenvalue weighted by atomic mass is 10.0. The first-order valence-electron chi connectivity index (χ1n) is 34.1. The predicted octanol–water partition coefficient (Wildman–Crippen LogP) is 21.8. The molecule has 6 nitrogen and oxygen atoms in total. The van der Waals surface area contributed by atoms with Gasteiger partial charge in [0.25, 0.3) is 0 Å². The third-order valence-corrected chi connectivity index (χ3v) is 16.0. The van der Waals surface area contributed by atoms with Crippen molar-refractivity contribution < 1.29 is 24.5 Å². The molecule has 0 aromatic rings. The number of esters is 1. The highest BCUT2D eigenvalue weighted by Gasteiger charge is 2.18. The number of carbonyl (C=O) groups is 2. The van der Waals surface area contributed by atoms with Crippen molar-refractivity contribution in [1.29, 1.82) is 0 Å². The van der Waals surface area contributed by atoms with Crippen LogP contribution >= 0.6 is 0 Å². The van der Waals surface area contributed by atoms with Gasteiger partial charge in [0, 0.05) is 12.8 Å². The Bertz CT molecular complexity index is 1170. The normalized spacial score (nSPS) is 12.6. The zero-order valence-electron chi connectivity index (χ0n) is 50.8. The van der Waals surface area contributed by atoms with Gasteiger partial charge in [0.15, 0.2) is 0 Å². The molecule has 6 heteroatoms. The number of rotatable bonds is 64. The van der Waals surface area contributed by atoms with Gasteiger partial charge in [0.2, 0.25) is 5.91 Å². The van der Waals surface area contributed by atoms with Gasteiger partial charge in [-0.2, -0.15) is 0 Å². The average molecular weight is 1060 g/mol. The SMILES string of the molecule is CCCCCCCCCCCCCCCCC/C=C/C(O)C(CO)NC(=O)CCCCCCCCCC/C=C\CCCCCCCCCCCCCCOC(=O)CCCCCCCCCCCCCCCCCCC. The van der Waals surface area contributed by atoms with Crippen molar-refractivity contribution in [3.63, 3.8) is 0 Å². The molecule has 0 aliphatic carbocycles. The van der Waals surface area contributed by atoms with Crippen LogP contribution in [0.15, 0.2) is 24.3 Å². The molecule has 0 aromatic carbocycles. The molecule has 0 aliphatic heterocycles. The lowest BCUT2D eigenvalue weighted by Crippen LogP contribution is -2.45. The fourth-order valence-electron chi connectivity index (χ4n) is 10.7. The van der Waals surface area contributed by atoms with Crippen LogP contribution in [0, 0.1) is 0 Å². The van der Waals surface area contributed by atoms with Crippen LogP contribution in [0.25, 0.3) is 0 Å². The second kappa shape index (κ2) is 64.9. The van der Waals surface area contributed by atoms with Gasteiger partial charge in [0.05, 0.1) is 25.4 Å². The number of carbonyl (C=O) groups excluding carboxylic acids is 2. The molecule has 0 saturated heterocycles. The van der Waals surface area contributed by atoms with Gasteiger partial charge in [-0.3, -0.25) is 9.59 Å². The van der Waals surface area contributed by atoms with E-state index in [1.807, 2.05) is 6.08 Å². The smallest absolute Gasteiger partial charge is 0.305 e. The summed E-state index contributed by atoms with van der Waals surface area (Å²) in [5, 5.41) is 23.2. The van der Waals surface area contributed by atoms with Crippen LogP contribution in [0.2, 0.25) is 0 Å². The minimum absolute atomic E-state index is 0.0166. The maximum Gasteiger partial charge on any atom is 0.305 e. The lowest BCUT2D eigenvalue weighted by Gasteiger charge is -2.20. The summed E-state index contributed by atoms with van der Waals surface area (Å²) in [7, 11) is 0. The minimum atomic E-state index is -0.847. The quantitative estimate of drug-likeness (QED) is 0.0320. The number of hydrogen-bond acceptors (Lipinski definition) is 5. The van der Waals surface area contributed by atoms with E-state index in [2.05, 4.69) is 31.3 Å². The van der Waals surface area contributed by atoms with E-state index in [4.69, 9.17) is 4.74 Å². The first kappa shape index (κ1) is 73.3. The highest BCUT2D eigenvalue weighted by molar-refractivity contribution is 5.76. The molecular formula is C69H133NO5. The summed E-state index contributed by atoms with van der Waals surface area (Å²) in [6, 6.07) is -0.631. The average Bonchev–Trinajstić information content (AvgIpc) is 3.41. The first-order valence-corrected chi connectivity index (χ1v) is 34.1. The maximum absolute atomic E-state index is 12.5. The zero-order valence-corrected chi connectivity index (χ0v) is 50.8. The maximum atomic E-state index is 12.5. The Kier molecular flexibility index (Phi) is 63.4. The molecule has 0 spiro atoms. The number of aliphatic hydroxyl groups is 2. The molecule has 0 radical (unpaired) electrons. The van der Waals surface area contributed by atoms with Crippen LogP contribution in [0.5, 0.6) is 0 Å². The van der Waals surface area contributed by atoms with Gasteiger partial charge < -0.3 is 20.3 Å². The van der Waals surface area contributed by atoms with E-state index in [1.165, 1.54) is 315 Å². The fraction of sp³-hybridized carbons (Fsp3) is 0.913. The summed E-state index contributed by atoms with van der Waals surface area (Å²) in [6.45, 7) is 4.94. The third kappa shape index (κ3) is 61.4. The number of nitrogens with one attached hydrogen (secondary N) is 1. The van der Waals surface area contributed by atoms with Crippen molar-refractivity contribution in [1.82, 2.24) is 5.32 Å². The number of aliphatic hydroxyl groups excluding tert-OH is 2. The monoisotopic (exact) mass is 1060 g/mol. The van der Waals surface area contributed by atoms with Gasteiger partial charge in [-0.1, -0.05) is 334 Å². The molecule has 3 N–H and O–H groups in total. The summed E-state index contributed by atoms with van der Waals surface area (Å²) in [6.07, 6.45) is 81.0. The number of unbranched alkanes of at least 4 members (excludes halogenated alkanes) is 51. The van der Waals surface area contributed by atoms with E-state index < -0.39 is 12.1 Å². The molecule has 2 atom stereocenters. The molecule has 0 bridgehead atoms. The lowest BCUT2D eigenvalue weighted by molar-refractivity contribution is -0.143. The van der Waals surface area contributed by atoms with Crippen LogP contribution in [-0.4, -0.2) is 47.4 Å². The Morgan fingerprint density at radius 2 is 0.627 bits per heavy atom. The standard InChI is InChI=1S/C69H133NO5/c1-3-5-7-9-11-13-15-17-19-29-33-37-41-45-49-53-57-61-67(72)66(65-71)70-68(73)62-58-54-50-46-42-38-34-31-27-25-23-21-22-24-26-28-32-36-40-44-48-52-56-60-64-75-69(74)63-59-55-51-47-43-39-35-30-20-18-16-14-12-10-8-6-4-2/h23,25,57,61,66-67,71-72H,3-22,24,26-56,58-60,62-65H2,1-2H3,(H,70,73)/b25-23-,61-57+. The molecule has 0 aliphatic rings. The molecule has 1 amide bonds. The van der Waals surface area contributed by atoms with E-state index >= 15 is 0 Å². The van der Waals surface area contributed by atoms with Crippen LogP contribution in [-0.2, 0) is 14.3 Å². The summed E-state index contributed by atoms with van der Waals surface area (Å²) in [5.41, 5.74) is 0.